The molecule has 0 aliphatic carbocycles. The largest absolute Gasteiger partial charge is 0.376 e. The number of benzene rings is 8. The summed E-state index contributed by atoms with van der Waals surface area (Å²) < 4.78 is 0. The molecular weight excluding hydrogens is 626 g/mol. The van der Waals surface area contributed by atoms with Crippen molar-refractivity contribution in [3.05, 3.63) is 182 Å². The Hall–Kier alpha value is -6.51. The fourth-order valence-corrected chi connectivity index (χ4v) is 9.91. The van der Waals surface area contributed by atoms with E-state index in [0.717, 1.165) is 0 Å². The molecule has 52 heavy (non-hydrogen) atoms. The predicted molar refractivity (Wildman–Crippen MR) is 221 cm³/mol. The molecule has 0 amide bonds. The van der Waals surface area contributed by atoms with Crippen molar-refractivity contribution in [3.8, 4) is 55.6 Å². The van der Waals surface area contributed by atoms with Crippen LogP contribution in [-0.4, -0.2) is 13.7 Å². The molecule has 4 heterocycles. The second kappa shape index (κ2) is 10.5. The zero-order valence-corrected chi connectivity index (χ0v) is 28.4. The van der Waals surface area contributed by atoms with E-state index in [4.69, 9.17) is 0 Å². The van der Waals surface area contributed by atoms with E-state index in [1.54, 1.807) is 0 Å². The molecular formula is C48H30B2N2. The Morgan fingerprint density at radius 1 is 0.250 bits per heavy atom. The van der Waals surface area contributed by atoms with Gasteiger partial charge in [0.05, 0.1) is 0 Å². The van der Waals surface area contributed by atoms with Crippen molar-refractivity contribution in [2.24, 2.45) is 0 Å². The standard InChI is InChI=1S/C48H30B2N2/c1-7-25-41-31(15-1)35-19-5-12-30-46(35)52-48-39(33-17-3-8-26-42(33)49(41)52)23-14-24-40(48)38-22-13-21-37-36-20-6-11-29-45(36)51-44-28-10-4-18-34(44)32-16-2-9-27-43(32)50(51)47(37)38/h1-30H. The molecule has 0 bridgehead atoms. The van der Waals surface area contributed by atoms with Crippen molar-refractivity contribution in [2.75, 3.05) is 9.62 Å². The van der Waals surface area contributed by atoms with Gasteiger partial charge in [0.1, 0.15) is 0 Å². The first-order valence-corrected chi connectivity index (χ1v) is 18.3. The van der Waals surface area contributed by atoms with E-state index < -0.39 is 0 Å². The van der Waals surface area contributed by atoms with Crippen molar-refractivity contribution in [1.82, 2.24) is 0 Å². The van der Waals surface area contributed by atoms with Gasteiger partial charge in [-0.15, -0.1) is 0 Å². The highest BCUT2D eigenvalue weighted by molar-refractivity contribution is 6.94. The van der Waals surface area contributed by atoms with Crippen LogP contribution in [-0.2, 0) is 0 Å². The summed E-state index contributed by atoms with van der Waals surface area (Å²) in [5.74, 6) is 0. The number of para-hydroxylation sites is 4. The summed E-state index contributed by atoms with van der Waals surface area (Å²) in [7, 11) is 0. The predicted octanol–water partition coefficient (Wildman–Crippen LogP) is 9.16. The smallest absolute Gasteiger partial charge is 0.330 e. The minimum absolute atomic E-state index is 0.00379. The molecule has 8 aromatic rings. The molecule has 0 saturated carbocycles. The topological polar surface area (TPSA) is 6.48 Å². The summed E-state index contributed by atoms with van der Waals surface area (Å²) in [4.78, 5) is 5.27. The maximum atomic E-state index is 2.66. The highest BCUT2D eigenvalue weighted by atomic mass is 15.1. The molecule has 0 unspecified atom stereocenters. The monoisotopic (exact) mass is 656 g/mol. The summed E-state index contributed by atoms with van der Waals surface area (Å²) in [6.45, 7) is 0.0547. The fourth-order valence-electron chi connectivity index (χ4n) is 9.91. The maximum Gasteiger partial charge on any atom is 0.330 e. The lowest BCUT2D eigenvalue weighted by molar-refractivity contribution is 1.34. The first kappa shape index (κ1) is 28.2. The highest BCUT2D eigenvalue weighted by Crippen LogP contribution is 2.51. The second-order valence-electron chi connectivity index (χ2n) is 14.3. The highest BCUT2D eigenvalue weighted by Gasteiger charge is 2.46. The van der Waals surface area contributed by atoms with Crippen LogP contribution in [0.25, 0.3) is 55.6 Å². The Morgan fingerprint density at radius 3 is 1.12 bits per heavy atom. The van der Waals surface area contributed by atoms with Crippen molar-refractivity contribution in [3.63, 3.8) is 0 Å². The lowest BCUT2D eigenvalue weighted by Crippen LogP contribution is -2.60. The van der Waals surface area contributed by atoms with Crippen LogP contribution in [0.15, 0.2) is 182 Å². The Balaban J connectivity index is 1.20. The minimum Gasteiger partial charge on any atom is -0.376 e. The Morgan fingerprint density at radius 2 is 0.577 bits per heavy atom. The van der Waals surface area contributed by atoms with E-state index in [-0.39, 0.29) is 13.7 Å². The van der Waals surface area contributed by atoms with Gasteiger partial charge in [-0.2, -0.15) is 0 Å². The molecule has 0 aromatic heterocycles. The van der Waals surface area contributed by atoms with Crippen LogP contribution >= 0.6 is 0 Å². The van der Waals surface area contributed by atoms with Crippen molar-refractivity contribution in [1.29, 1.82) is 0 Å². The first-order chi connectivity index (χ1) is 25.9. The van der Waals surface area contributed by atoms with E-state index in [2.05, 4.69) is 192 Å². The van der Waals surface area contributed by atoms with Crippen molar-refractivity contribution < 1.29 is 0 Å². The summed E-state index contributed by atoms with van der Waals surface area (Å²) in [6.07, 6.45) is 0. The SMILES string of the molecule is c1ccc2c(c1)B1c3c(cccc3-c3cccc4c3N3B(c5ccccc5-c5ccccc53)c3ccccc3-4)-c3ccccc3N1c1ccccc1-2. The average Bonchev–Trinajstić information content (AvgIpc) is 3.23. The average molecular weight is 656 g/mol. The number of anilines is 4. The van der Waals surface area contributed by atoms with Gasteiger partial charge >= 0.3 is 13.7 Å². The molecule has 4 heteroatoms. The van der Waals surface area contributed by atoms with Crippen molar-refractivity contribution in [2.45, 2.75) is 0 Å². The van der Waals surface area contributed by atoms with Crippen LogP contribution in [0.2, 0.25) is 0 Å². The Kier molecular flexibility index (Phi) is 5.70. The van der Waals surface area contributed by atoms with E-state index >= 15 is 0 Å². The maximum absolute atomic E-state index is 2.66. The lowest BCUT2D eigenvalue weighted by Gasteiger charge is -2.46. The van der Waals surface area contributed by atoms with Gasteiger partial charge in [0.15, 0.2) is 0 Å². The summed E-state index contributed by atoms with van der Waals surface area (Å²) in [6, 6.07) is 68.0. The van der Waals surface area contributed by atoms with Crippen LogP contribution in [0.1, 0.15) is 0 Å². The molecule has 12 rings (SSSR count). The van der Waals surface area contributed by atoms with Crippen molar-refractivity contribution >= 4 is 58.3 Å². The third-order valence-corrected chi connectivity index (χ3v) is 11.9. The molecule has 2 nitrogen and oxygen atoms in total. The van der Waals surface area contributed by atoms with E-state index in [1.807, 2.05) is 0 Å². The van der Waals surface area contributed by atoms with Gasteiger partial charge in [-0.25, -0.2) is 0 Å². The molecule has 0 spiro atoms. The lowest BCUT2D eigenvalue weighted by atomic mass is 9.41. The van der Waals surface area contributed by atoms with Gasteiger partial charge < -0.3 is 9.62 Å². The molecule has 0 N–H and O–H groups in total. The van der Waals surface area contributed by atoms with Crippen LogP contribution in [0, 0.1) is 0 Å². The van der Waals surface area contributed by atoms with Gasteiger partial charge in [-0.1, -0.05) is 164 Å². The number of rotatable bonds is 1. The van der Waals surface area contributed by atoms with Gasteiger partial charge in [0.2, 0.25) is 0 Å². The number of hydrogen-bond acceptors (Lipinski definition) is 2. The zero-order chi connectivity index (χ0) is 33.9. The van der Waals surface area contributed by atoms with Gasteiger partial charge in [-0.3, -0.25) is 0 Å². The van der Waals surface area contributed by atoms with Crippen LogP contribution < -0.4 is 31.5 Å². The molecule has 0 saturated heterocycles. The first-order valence-electron chi connectivity index (χ1n) is 18.3. The fraction of sp³-hybridized carbons (Fsp3) is 0. The van der Waals surface area contributed by atoms with E-state index in [9.17, 15) is 0 Å². The van der Waals surface area contributed by atoms with Gasteiger partial charge in [0.25, 0.3) is 0 Å². The quantitative estimate of drug-likeness (QED) is 0.163. The molecule has 0 atom stereocenters. The van der Waals surface area contributed by atoms with E-state index in [1.165, 1.54) is 100 Å². The van der Waals surface area contributed by atoms with Crippen LogP contribution in [0.3, 0.4) is 0 Å². The molecule has 4 aliphatic rings. The third kappa shape index (κ3) is 3.61. The van der Waals surface area contributed by atoms with Crippen LogP contribution in [0.5, 0.6) is 0 Å². The minimum atomic E-state index is 0.00379. The molecule has 0 radical (unpaired) electrons. The Bertz CT molecular complexity index is 2610. The summed E-state index contributed by atoms with van der Waals surface area (Å²) >= 11 is 0. The zero-order valence-electron chi connectivity index (χ0n) is 28.4. The van der Waals surface area contributed by atoms with Crippen LogP contribution in [0.4, 0.5) is 22.7 Å². The van der Waals surface area contributed by atoms with Gasteiger partial charge in [0, 0.05) is 50.6 Å². The summed E-state index contributed by atoms with van der Waals surface area (Å²) in [5.41, 5.74) is 23.3. The number of nitrogens with zero attached hydrogens (tertiary/aromatic N) is 2. The third-order valence-electron chi connectivity index (χ3n) is 11.9. The molecule has 8 aromatic carbocycles. The normalized spacial score (nSPS) is 13.6. The Labute approximate surface area is 304 Å². The molecule has 4 aliphatic heterocycles. The number of hydrogen-bond donors (Lipinski definition) is 0. The molecule has 0 fully saturated rings. The summed E-state index contributed by atoms with van der Waals surface area (Å²) in [5, 5.41) is 0. The molecule has 238 valence electrons. The second-order valence-corrected chi connectivity index (χ2v) is 14.3. The van der Waals surface area contributed by atoms with Gasteiger partial charge in [-0.05, 0) is 67.9 Å². The number of fused-ring (bicyclic) bond motifs is 22. The van der Waals surface area contributed by atoms with E-state index in [0.29, 0.717) is 0 Å².